The summed E-state index contributed by atoms with van der Waals surface area (Å²) in [5.74, 6) is -0.925. The van der Waals surface area contributed by atoms with E-state index in [-0.39, 0.29) is 31.1 Å². The predicted molar refractivity (Wildman–Crippen MR) is 357 cm³/mol. The van der Waals surface area contributed by atoms with E-state index in [1.807, 2.05) is 0 Å². The van der Waals surface area contributed by atoms with Crippen molar-refractivity contribution in [1.29, 1.82) is 0 Å². The number of carbonyl (C=O) groups excluding carboxylic acids is 3. The summed E-state index contributed by atoms with van der Waals surface area (Å²) in [6.45, 7) is 6.48. The number of hydrogen-bond donors (Lipinski definition) is 0. The van der Waals surface area contributed by atoms with Crippen LogP contribution < -0.4 is 0 Å². The topological polar surface area (TPSA) is 78.9 Å². The first kappa shape index (κ1) is 77.8. The maximum Gasteiger partial charge on any atom is 0.306 e. The van der Waals surface area contributed by atoms with Crippen LogP contribution >= 0.6 is 0 Å². The quantitative estimate of drug-likeness (QED) is 0.0261. The summed E-state index contributed by atoms with van der Waals surface area (Å²) in [4.78, 5) is 38.3. The Morgan fingerprint density at radius 1 is 0.256 bits per heavy atom. The van der Waals surface area contributed by atoms with Crippen LogP contribution in [0, 0.1) is 0 Å². The van der Waals surface area contributed by atoms with Crippen LogP contribution in [-0.2, 0) is 28.6 Å². The maximum atomic E-state index is 12.9. The van der Waals surface area contributed by atoms with Gasteiger partial charge in [-0.1, -0.05) is 316 Å². The molecule has 0 amide bonds. The van der Waals surface area contributed by atoms with Crippen molar-refractivity contribution < 1.29 is 28.6 Å². The van der Waals surface area contributed by atoms with Gasteiger partial charge in [-0.05, 0) is 109 Å². The largest absolute Gasteiger partial charge is 0.462 e. The van der Waals surface area contributed by atoms with Gasteiger partial charge in [-0.25, -0.2) is 0 Å². The molecular formula is C76H128O6. The lowest BCUT2D eigenvalue weighted by Crippen LogP contribution is -2.30. The first-order valence-electron chi connectivity index (χ1n) is 34.5. The van der Waals surface area contributed by atoms with E-state index < -0.39 is 6.10 Å². The van der Waals surface area contributed by atoms with Gasteiger partial charge in [-0.15, -0.1) is 0 Å². The minimum atomic E-state index is -0.797. The van der Waals surface area contributed by atoms with E-state index in [1.54, 1.807) is 0 Å². The number of unbranched alkanes of at least 4 members (excludes halogenated alkanes) is 31. The molecule has 0 aliphatic carbocycles. The van der Waals surface area contributed by atoms with Gasteiger partial charge in [0, 0.05) is 19.3 Å². The van der Waals surface area contributed by atoms with Crippen LogP contribution in [-0.4, -0.2) is 37.2 Å². The number of carbonyl (C=O) groups is 3. The zero-order valence-corrected chi connectivity index (χ0v) is 53.7. The normalized spacial score (nSPS) is 12.9. The molecular weight excluding hydrogens is 1010 g/mol. The smallest absolute Gasteiger partial charge is 0.306 e. The number of esters is 3. The lowest BCUT2D eigenvalue weighted by molar-refractivity contribution is -0.167. The Morgan fingerprint density at radius 2 is 0.488 bits per heavy atom. The van der Waals surface area contributed by atoms with Crippen LogP contribution in [0.15, 0.2) is 122 Å². The highest BCUT2D eigenvalue weighted by atomic mass is 16.6. The van der Waals surface area contributed by atoms with E-state index in [0.29, 0.717) is 19.3 Å². The number of rotatable bonds is 62. The molecule has 0 aliphatic heterocycles. The van der Waals surface area contributed by atoms with Crippen LogP contribution in [0.3, 0.4) is 0 Å². The molecule has 0 N–H and O–H groups in total. The van der Waals surface area contributed by atoms with E-state index in [9.17, 15) is 14.4 Å². The van der Waals surface area contributed by atoms with Crippen LogP contribution in [0.4, 0.5) is 0 Å². The fourth-order valence-electron chi connectivity index (χ4n) is 9.54. The van der Waals surface area contributed by atoms with Crippen LogP contribution in [0.25, 0.3) is 0 Å². The van der Waals surface area contributed by atoms with Crippen molar-refractivity contribution in [2.75, 3.05) is 13.2 Å². The molecule has 6 nitrogen and oxygen atoms in total. The van der Waals surface area contributed by atoms with Crippen molar-refractivity contribution in [3.63, 3.8) is 0 Å². The third kappa shape index (κ3) is 66.6. The molecule has 0 spiro atoms. The van der Waals surface area contributed by atoms with Gasteiger partial charge in [0.15, 0.2) is 6.10 Å². The minimum absolute atomic E-state index is 0.0924. The summed E-state index contributed by atoms with van der Waals surface area (Å²) in [6.07, 6.45) is 96.5. The summed E-state index contributed by atoms with van der Waals surface area (Å²) in [5, 5.41) is 0. The highest BCUT2D eigenvalue weighted by molar-refractivity contribution is 5.71. The van der Waals surface area contributed by atoms with Crippen molar-refractivity contribution in [3.8, 4) is 0 Å². The molecule has 0 aromatic rings. The molecule has 468 valence electrons. The summed E-state index contributed by atoms with van der Waals surface area (Å²) >= 11 is 0. The molecule has 1 atom stereocenters. The van der Waals surface area contributed by atoms with Crippen molar-refractivity contribution in [3.05, 3.63) is 122 Å². The summed E-state index contributed by atoms with van der Waals surface area (Å²) in [6, 6.07) is 0. The maximum absolute atomic E-state index is 12.9. The summed E-state index contributed by atoms with van der Waals surface area (Å²) < 4.78 is 16.9. The summed E-state index contributed by atoms with van der Waals surface area (Å²) in [5.41, 5.74) is 0. The zero-order chi connectivity index (χ0) is 59.2. The third-order valence-corrected chi connectivity index (χ3v) is 14.7. The van der Waals surface area contributed by atoms with Gasteiger partial charge < -0.3 is 14.2 Å². The molecule has 0 radical (unpaired) electrons. The molecule has 0 aromatic carbocycles. The Morgan fingerprint density at radius 3 is 0.805 bits per heavy atom. The second-order valence-corrected chi connectivity index (χ2v) is 22.7. The number of hydrogen-bond acceptors (Lipinski definition) is 6. The molecule has 0 fully saturated rings. The summed E-state index contributed by atoms with van der Waals surface area (Å²) in [7, 11) is 0. The van der Waals surface area contributed by atoms with Gasteiger partial charge in [-0.3, -0.25) is 14.4 Å². The van der Waals surface area contributed by atoms with Crippen molar-refractivity contribution in [2.24, 2.45) is 0 Å². The van der Waals surface area contributed by atoms with Gasteiger partial charge >= 0.3 is 17.9 Å². The number of ether oxygens (including phenoxy) is 3. The van der Waals surface area contributed by atoms with Crippen LogP contribution in [0.2, 0.25) is 0 Å². The second kappa shape index (κ2) is 69.3. The Bertz CT molecular complexity index is 1690. The SMILES string of the molecule is CC/C=C\C/C=C\C/C=C\C/C=C\C/C=C\C/C=C\C/C=C\C/C=C\C/C=C\CCCCCC(=O)OCC(COC(=O)CCCCCCC/C=C\CCCC)OC(=O)CCCCCCCCCCCCCCCCCCCCCCCC. The standard InChI is InChI=1S/C76H128O6/c1-4-7-10-13-16-19-22-24-26-28-30-32-34-35-36-37-38-39-40-41-42-44-45-47-49-51-54-57-60-63-66-69-75(78)81-72-73(71-80-74(77)68-65-62-59-56-53-21-18-15-12-9-6-3)82-76(79)70-67-64-61-58-55-52-50-48-46-43-33-31-29-27-25-23-20-17-14-11-8-5-2/h7,10,15-16,18-19,24,26,30,32,35-36,38-39,41-42,45,47,51,54,73H,4-6,8-9,11-14,17,20-23,25,27-29,31,33-34,37,40,43-44,46,48-50,52-53,55-72H2,1-3H3/b10-7-,18-15-,19-16-,26-24-,32-30-,36-35-,39-38-,42-41-,47-45-,54-51-. The molecule has 82 heavy (non-hydrogen) atoms. The first-order chi connectivity index (χ1) is 40.5. The van der Waals surface area contributed by atoms with Crippen LogP contribution in [0.5, 0.6) is 0 Å². The highest BCUT2D eigenvalue weighted by Gasteiger charge is 2.19. The average Bonchev–Trinajstić information content (AvgIpc) is 3.47. The Kier molecular flexibility index (Phi) is 65.8. The molecule has 6 heteroatoms. The average molecular weight is 1140 g/mol. The molecule has 0 aromatic heterocycles. The first-order valence-corrected chi connectivity index (χ1v) is 34.5. The van der Waals surface area contributed by atoms with E-state index in [1.165, 1.54) is 148 Å². The van der Waals surface area contributed by atoms with Gasteiger partial charge in [-0.2, -0.15) is 0 Å². The molecule has 1 unspecified atom stereocenters. The molecule has 0 aliphatic rings. The third-order valence-electron chi connectivity index (χ3n) is 14.7. The Hall–Kier alpha value is -4.19. The predicted octanol–water partition coefficient (Wildman–Crippen LogP) is 23.9. The van der Waals surface area contributed by atoms with Crippen molar-refractivity contribution in [1.82, 2.24) is 0 Å². The molecule has 0 heterocycles. The van der Waals surface area contributed by atoms with Crippen molar-refractivity contribution >= 4 is 17.9 Å². The number of allylic oxidation sites excluding steroid dienone is 20. The van der Waals surface area contributed by atoms with Gasteiger partial charge in [0.2, 0.25) is 0 Å². The lowest BCUT2D eigenvalue weighted by atomic mass is 10.0. The monoisotopic (exact) mass is 1140 g/mol. The lowest BCUT2D eigenvalue weighted by Gasteiger charge is -2.18. The second-order valence-electron chi connectivity index (χ2n) is 22.7. The molecule has 0 rings (SSSR count). The fraction of sp³-hybridized carbons (Fsp3) is 0.697. The van der Waals surface area contributed by atoms with Gasteiger partial charge in [0.25, 0.3) is 0 Å². The van der Waals surface area contributed by atoms with Crippen LogP contribution in [0.1, 0.15) is 323 Å². The Labute approximate surface area is 507 Å². The van der Waals surface area contributed by atoms with E-state index in [4.69, 9.17) is 14.2 Å². The van der Waals surface area contributed by atoms with Gasteiger partial charge in [0.05, 0.1) is 0 Å². The fourth-order valence-corrected chi connectivity index (χ4v) is 9.54. The molecule has 0 bridgehead atoms. The zero-order valence-electron chi connectivity index (χ0n) is 53.7. The van der Waals surface area contributed by atoms with E-state index in [2.05, 4.69) is 142 Å². The van der Waals surface area contributed by atoms with E-state index >= 15 is 0 Å². The molecule has 0 saturated heterocycles. The molecule has 0 saturated carbocycles. The van der Waals surface area contributed by atoms with Crippen molar-refractivity contribution in [2.45, 2.75) is 329 Å². The Balaban J connectivity index is 4.32. The minimum Gasteiger partial charge on any atom is -0.462 e. The highest BCUT2D eigenvalue weighted by Crippen LogP contribution is 2.17. The van der Waals surface area contributed by atoms with Gasteiger partial charge in [0.1, 0.15) is 13.2 Å². The van der Waals surface area contributed by atoms with E-state index in [0.717, 1.165) is 135 Å².